The molecule has 176 valence electrons. The molecule has 0 aromatic heterocycles. The fraction of sp³-hybridized carbons (Fsp3) is 0.545. The van der Waals surface area contributed by atoms with Crippen molar-refractivity contribution in [2.45, 2.75) is 40.2 Å². The van der Waals surface area contributed by atoms with Gasteiger partial charge in [-0.15, -0.1) is 0 Å². The van der Waals surface area contributed by atoms with Gasteiger partial charge in [0, 0.05) is 25.2 Å². The Morgan fingerprint density at radius 3 is 2.31 bits per heavy atom. The lowest BCUT2D eigenvalue weighted by atomic mass is 10.1. The van der Waals surface area contributed by atoms with E-state index in [0.29, 0.717) is 25.5 Å². The van der Waals surface area contributed by atoms with Gasteiger partial charge in [-0.2, -0.15) is 10.2 Å². The van der Waals surface area contributed by atoms with Gasteiger partial charge in [-0.05, 0) is 50.6 Å². The molecule has 10 nitrogen and oxygen atoms in total. The van der Waals surface area contributed by atoms with Gasteiger partial charge in [0.15, 0.2) is 5.84 Å². The van der Waals surface area contributed by atoms with Gasteiger partial charge >= 0.3 is 5.97 Å². The smallest absolute Gasteiger partial charge is 0.317 e. The molecule has 1 amide bonds. The van der Waals surface area contributed by atoms with E-state index in [9.17, 15) is 9.59 Å². The number of hydrogen-bond acceptors (Lipinski definition) is 8. The molecule has 4 N–H and O–H groups in total. The van der Waals surface area contributed by atoms with E-state index >= 15 is 0 Å². The maximum absolute atomic E-state index is 12.6. The monoisotopic (exact) mass is 445 g/mol. The Balaban J connectivity index is 1.89. The fourth-order valence-electron chi connectivity index (χ4n) is 3.58. The molecule has 1 aromatic carbocycles. The summed E-state index contributed by atoms with van der Waals surface area (Å²) in [5.74, 6) is -0.259. The Morgan fingerprint density at radius 2 is 1.72 bits per heavy atom. The van der Waals surface area contributed by atoms with Crippen molar-refractivity contribution in [2.24, 2.45) is 10.2 Å². The number of aryl methyl sites for hydroxylation is 1. The highest BCUT2D eigenvalue weighted by molar-refractivity contribution is 6.00. The van der Waals surface area contributed by atoms with Crippen molar-refractivity contribution in [2.75, 3.05) is 39.3 Å². The Hall–Kier alpha value is -2.98. The number of carbonyl (C=O) groups is 2. The molecule has 10 heteroatoms. The molecule has 1 heterocycles. The number of benzene rings is 1. The van der Waals surface area contributed by atoms with Crippen molar-refractivity contribution < 1.29 is 14.7 Å². The third-order valence-corrected chi connectivity index (χ3v) is 4.91. The summed E-state index contributed by atoms with van der Waals surface area (Å²) in [6, 6.07) is 6.00. The molecule has 1 aliphatic heterocycles. The van der Waals surface area contributed by atoms with E-state index in [4.69, 9.17) is 5.11 Å². The van der Waals surface area contributed by atoms with Crippen molar-refractivity contribution >= 4 is 24.1 Å². The Labute approximate surface area is 189 Å². The zero-order chi connectivity index (χ0) is 23.3. The van der Waals surface area contributed by atoms with Gasteiger partial charge in [0.05, 0.1) is 13.1 Å². The summed E-state index contributed by atoms with van der Waals surface area (Å²) in [7, 11) is 0. The number of nitrogens with one attached hydrogen (secondary N) is 3. The number of nitrogens with zero attached hydrogens (tertiary/aromatic N) is 4. The summed E-state index contributed by atoms with van der Waals surface area (Å²) in [6.45, 7) is 9.62. The largest absolute Gasteiger partial charge is 0.480 e. The number of carboxylic acid groups (broad SMARTS) is 1. The lowest BCUT2D eigenvalue weighted by Gasteiger charge is -2.26. The Bertz CT molecular complexity index is 826. The van der Waals surface area contributed by atoms with Crippen LogP contribution in [0, 0.1) is 6.92 Å². The van der Waals surface area contributed by atoms with Crippen LogP contribution >= 0.6 is 0 Å². The molecular formula is C22H35N7O3. The third-order valence-electron chi connectivity index (χ3n) is 4.91. The molecule has 0 spiro atoms. The Kier molecular flexibility index (Phi) is 10.6. The predicted octanol–water partition coefficient (Wildman–Crippen LogP) is 0.918. The summed E-state index contributed by atoms with van der Waals surface area (Å²) in [5, 5.41) is 20.2. The lowest BCUT2D eigenvalue weighted by molar-refractivity contribution is -0.138. The number of hydrazone groups is 2. The zero-order valence-corrected chi connectivity index (χ0v) is 19.2. The molecular weight excluding hydrogens is 410 g/mol. The van der Waals surface area contributed by atoms with Crippen LogP contribution in [0.1, 0.15) is 43.4 Å². The van der Waals surface area contributed by atoms with Gasteiger partial charge in [0.1, 0.15) is 6.34 Å². The maximum atomic E-state index is 12.6. The molecule has 0 fully saturated rings. The first kappa shape index (κ1) is 25.3. The molecule has 1 aliphatic rings. The molecule has 1 aromatic rings. The second kappa shape index (κ2) is 13.4. The van der Waals surface area contributed by atoms with Gasteiger partial charge in [0.2, 0.25) is 5.91 Å². The normalized spacial score (nSPS) is 13.0. The minimum Gasteiger partial charge on any atom is -0.480 e. The van der Waals surface area contributed by atoms with E-state index in [1.807, 2.05) is 36.9 Å². The highest BCUT2D eigenvalue weighted by Crippen LogP contribution is 2.11. The third kappa shape index (κ3) is 9.03. The molecule has 0 radical (unpaired) electrons. The minimum atomic E-state index is -0.826. The van der Waals surface area contributed by atoms with Crippen LogP contribution in [0.5, 0.6) is 0 Å². The Morgan fingerprint density at radius 1 is 1.03 bits per heavy atom. The van der Waals surface area contributed by atoms with E-state index in [2.05, 4.69) is 38.2 Å². The molecule has 2 rings (SSSR count). The van der Waals surface area contributed by atoms with Crippen LogP contribution in [-0.4, -0.2) is 78.2 Å². The molecule has 0 saturated carbocycles. The number of aliphatic carboxylic acids is 1. The standard InChI is InChI=1S/C22H35N7O3/c1-4-6-28(8-9-29(7-5-2)15-21(31)32)14-20(30)23-13-18-10-17(3)11-19(12-18)22-26-24-16-25-27-22/h10-12,16H,4-9,13-15H2,1-3H3,(H,23,30)(H,24,25)(H,26,27)(H,31,32). The molecule has 0 unspecified atom stereocenters. The molecule has 0 saturated heterocycles. The first-order valence-corrected chi connectivity index (χ1v) is 11.1. The number of hydrogen-bond donors (Lipinski definition) is 4. The van der Waals surface area contributed by atoms with Crippen molar-refractivity contribution in [1.29, 1.82) is 0 Å². The van der Waals surface area contributed by atoms with Crippen LogP contribution in [-0.2, 0) is 16.1 Å². The van der Waals surface area contributed by atoms with E-state index < -0.39 is 5.97 Å². The van der Waals surface area contributed by atoms with Gasteiger partial charge in [0.25, 0.3) is 0 Å². The van der Waals surface area contributed by atoms with Gasteiger partial charge in [-0.3, -0.25) is 30.2 Å². The highest BCUT2D eigenvalue weighted by Gasteiger charge is 2.14. The molecule has 0 bridgehead atoms. The summed E-state index contributed by atoms with van der Waals surface area (Å²) in [4.78, 5) is 27.6. The zero-order valence-electron chi connectivity index (χ0n) is 19.2. The summed E-state index contributed by atoms with van der Waals surface area (Å²) in [6.07, 6.45) is 3.28. The number of amides is 1. The molecule has 32 heavy (non-hydrogen) atoms. The number of carbonyl (C=O) groups excluding carboxylic acids is 1. The highest BCUT2D eigenvalue weighted by atomic mass is 16.4. The van der Waals surface area contributed by atoms with Gasteiger partial charge in [-0.1, -0.05) is 25.5 Å². The first-order chi connectivity index (χ1) is 15.4. The topological polar surface area (TPSA) is 122 Å². The second-order valence-electron chi connectivity index (χ2n) is 7.89. The van der Waals surface area contributed by atoms with E-state index in [1.54, 1.807) is 0 Å². The predicted molar refractivity (Wildman–Crippen MR) is 125 cm³/mol. The van der Waals surface area contributed by atoms with Crippen LogP contribution < -0.4 is 16.2 Å². The maximum Gasteiger partial charge on any atom is 0.317 e. The van der Waals surface area contributed by atoms with Crippen LogP contribution in [0.3, 0.4) is 0 Å². The van der Waals surface area contributed by atoms with Gasteiger partial charge in [-0.25, -0.2) is 0 Å². The summed E-state index contributed by atoms with van der Waals surface area (Å²) < 4.78 is 0. The van der Waals surface area contributed by atoms with Crippen LogP contribution in [0.2, 0.25) is 0 Å². The number of carboxylic acids is 1. The summed E-state index contributed by atoms with van der Waals surface area (Å²) in [5.41, 5.74) is 8.51. The van der Waals surface area contributed by atoms with Crippen LogP contribution in [0.4, 0.5) is 0 Å². The minimum absolute atomic E-state index is 0.0245. The van der Waals surface area contributed by atoms with Crippen molar-refractivity contribution in [3.8, 4) is 0 Å². The SMILES string of the molecule is CCCN(CCN(CCC)CC(=O)NCc1cc(C)cc(C2=NNC=NN2)c1)CC(=O)O. The molecule has 0 atom stereocenters. The second-order valence-corrected chi connectivity index (χ2v) is 7.89. The molecule has 0 aliphatic carbocycles. The quantitative estimate of drug-likeness (QED) is 0.336. The van der Waals surface area contributed by atoms with Crippen LogP contribution in [0.25, 0.3) is 0 Å². The van der Waals surface area contributed by atoms with Gasteiger partial charge < -0.3 is 10.4 Å². The summed E-state index contributed by atoms with van der Waals surface area (Å²) >= 11 is 0. The fourth-order valence-corrected chi connectivity index (χ4v) is 3.58. The van der Waals surface area contributed by atoms with Crippen molar-refractivity contribution in [3.05, 3.63) is 34.9 Å². The van der Waals surface area contributed by atoms with E-state index in [-0.39, 0.29) is 19.0 Å². The van der Waals surface area contributed by atoms with E-state index in [0.717, 1.165) is 42.6 Å². The average Bonchev–Trinajstić information content (AvgIpc) is 2.76. The van der Waals surface area contributed by atoms with Crippen LogP contribution in [0.15, 0.2) is 28.4 Å². The average molecular weight is 446 g/mol. The number of amidine groups is 1. The van der Waals surface area contributed by atoms with Crippen molar-refractivity contribution in [1.82, 2.24) is 26.0 Å². The number of rotatable bonds is 14. The van der Waals surface area contributed by atoms with Crippen molar-refractivity contribution in [3.63, 3.8) is 0 Å². The lowest BCUT2D eigenvalue weighted by Crippen LogP contribution is -2.42. The first-order valence-electron chi connectivity index (χ1n) is 11.1. The van der Waals surface area contributed by atoms with E-state index in [1.165, 1.54) is 6.34 Å².